The van der Waals surface area contributed by atoms with Gasteiger partial charge in [-0.05, 0) is 37.5 Å². The summed E-state index contributed by atoms with van der Waals surface area (Å²) in [5.41, 5.74) is 3.88. The molecule has 1 unspecified atom stereocenters. The van der Waals surface area contributed by atoms with Gasteiger partial charge in [-0.15, -0.1) is 0 Å². The first-order valence-electron chi connectivity index (χ1n) is 7.63. The highest BCUT2D eigenvalue weighted by molar-refractivity contribution is 5.36. The molecule has 0 fully saturated rings. The standard InChI is InChI=1S/C19H25NO/c1-5-16-10-12-17(13-11-16)14(2)20-15(3)18-8-6-7-9-19(18)21-4/h6-15,20H,5H2,1-4H3/t14?,15-/m0/s1. The second-order valence-corrected chi connectivity index (χ2v) is 5.45. The molecule has 0 saturated heterocycles. The first-order valence-corrected chi connectivity index (χ1v) is 7.63. The molecule has 2 nitrogen and oxygen atoms in total. The minimum atomic E-state index is 0.238. The van der Waals surface area contributed by atoms with Crippen molar-refractivity contribution in [1.29, 1.82) is 0 Å². The quantitative estimate of drug-likeness (QED) is 0.832. The van der Waals surface area contributed by atoms with E-state index in [1.165, 1.54) is 16.7 Å². The molecular weight excluding hydrogens is 258 g/mol. The molecule has 0 aliphatic rings. The number of hydrogen-bond acceptors (Lipinski definition) is 2. The van der Waals surface area contributed by atoms with Crippen LogP contribution in [-0.4, -0.2) is 7.11 Å². The van der Waals surface area contributed by atoms with Gasteiger partial charge in [0, 0.05) is 17.6 Å². The van der Waals surface area contributed by atoms with Gasteiger partial charge in [-0.3, -0.25) is 0 Å². The topological polar surface area (TPSA) is 21.3 Å². The van der Waals surface area contributed by atoms with Crippen LogP contribution in [0.4, 0.5) is 0 Å². The fourth-order valence-electron chi connectivity index (χ4n) is 2.63. The molecular formula is C19H25NO. The molecule has 0 amide bonds. The van der Waals surface area contributed by atoms with E-state index in [0.717, 1.165) is 12.2 Å². The molecule has 2 atom stereocenters. The van der Waals surface area contributed by atoms with Crippen LogP contribution >= 0.6 is 0 Å². The van der Waals surface area contributed by atoms with Crippen LogP contribution in [0.15, 0.2) is 48.5 Å². The van der Waals surface area contributed by atoms with Crippen LogP contribution in [0, 0.1) is 0 Å². The Labute approximate surface area is 128 Å². The van der Waals surface area contributed by atoms with Crippen LogP contribution in [0.1, 0.15) is 49.5 Å². The minimum Gasteiger partial charge on any atom is -0.496 e. The zero-order valence-electron chi connectivity index (χ0n) is 13.4. The zero-order valence-corrected chi connectivity index (χ0v) is 13.4. The number of nitrogens with one attached hydrogen (secondary N) is 1. The molecule has 2 heteroatoms. The lowest BCUT2D eigenvalue weighted by Crippen LogP contribution is -2.22. The number of methoxy groups -OCH3 is 1. The van der Waals surface area contributed by atoms with Gasteiger partial charge in [-0.25, -0.2) is 0 Å². The molecule has 2 rings (SSSR count). The maximum absolute atomic E-state index is 5.44. The fraction of sp³-hybridized carbons (Fsp3) is 0.368. The fourth-order valence-corrected chi connectivity index (χ4v) is 2.63. The maximum atomic E-state index is 5.44. The van der Waals surface area contributed by atoms with Crippen molar-refractivity contribution in [3.63, 3.8) is 0 Å². The van der Waals surface area contributed by atoms with E-state index in [0.29, 0.717) is 6.04 Å². The Hall–Kier alpha value is -1.80. The third kappa shape index (κ3) is 3.85. The summed E-state index contributed by atoms with van der Waals surface area (Å²) in [6, 6.07) is 17.6. The first-order chi connectivity index (χ1) is 10.2. The molecule has 2 aromatic carbocycles. The van der Waals surface area contributed by atoms with Crippen molar-refractivity contribution in [3.8, 4) is 5.75 Å². The summed E-state index contributed by atoms with van der Waals surface area (Å²) in [5.74, 6) is 0.936. The van der Waals surface area contributed by atoms with E-state index in [9.17, 15) is 0 Å². The van der Waals surface area contributed by atoms with Gasteiger partial charge in [-0.2, -0.15) is 0 Å². The van der Waals surface area contributed by atoms with Gasteiger partial charge in [-0.1, -0.05) is 49.4 Å². The predicted octanol–water partition coefficient (Wildman–Crippen LogP) is 4.67. The summed E-state index contributed by atoms with van der Waals surface area (Å²) in [6.45, 7) is 6.56. The van der Waals surface area contributed by atoms with Gasteiger partial charge >= 0.3 is 0 Å². The first kappa shape index (κ1) is 15.6. The number of rotatable bonds is 6. The molecule has 0 aliphatic carbocycles. The van der Waals surface area contributed by atoms with E-state index in [-0.39, 0.29) is 6.04 Å². The van der Waals surface area contributed by atoms with Crippen molar-refractivity contribution in [2.45, 2.75) is 39.3 Å². The van der Waals surface area contributed by atoms with E-state index >= 15 is 0 Å². The van der Waals surface area contributed by atoms with Crippen LogP contribution in [0.2, 0.25) is 0 Å². The Kier molecular flexibility index (Phi) is 5.40. The average Bonchev–Trinajstić information content (AvgIpc) is 2.54. The largest absolute Gasteiger partial charge is 0.496 e. The summed E-state index contributed by atoms with van der Waals surface area (Å²) in [6.07, 6.45) is 1.08. The number of para-hydroxylation sites is 1. The smallest absolute Gasteiger partial charge is 0.123 e. The molecule has 0 aliphatic heterocycles. The molecule has 2 aromatic rings. The maximum Gasteiger partial charge on any atom is 0.123 e. The SMILES string of the molecule is CCc1ccc(C(C)N[C@@H](C)c2ccccc2OC)cc1. The van der Waals surface area contributed by atoms with Crippen molar-refractivity contribution in [2.24, 2.45) is 0 Å². The van der Waals surface area contributed by atoms with Crippen LogP contribution in [0.3, 0.4) is 0 Å². The van der Waals surface area contributed by atoms with Crippen LogP contribution < -0.4 is 10.1 Å². The van der Waals surface area contributed by atoms with Gasteiger partial charge in [0.1, 0.15) is 5.75 Å². The van der Waals surface area contributed by atoms with Gasteiger partial charge in [0.2, 0.25) is 0 Å². The van der Waals surface area contributed by atoms with Gasteiger partial charge in [0.05, 0.1) is 7.11 Å². The van der Waals surface area contributed by atoms with Crippen molar-refractivity contribution in [2.75, 3.05) is 7.11 Å². The average molecular weight is 283 g/mol. The zero-order chi connectivity index (χ0) is 15.2. The molecule has 0 radical (unpaired) electrons. The van der Waals surface area contributed by atoms with Crippen LogP contribution in [-0.2, 0) is 6.42 Å². The number of aryl methyl sites for hydroxylation is 1. The van der Waals surface area contributed by atoms with Crippen LogP contribution in [0.25, 0.3) is 0 Å². The van der Waals surface area contributed by atoms with Crippen molar-refractivity contribution >= 4 is 0 Å². The molecule has 0 bridgehead atoms. The Morgan fingerprint density at radius 2 is 1.62 bits per heavy atom. The Bertz CT molecular complexity index is 562. The lowest BCUT2D eigenvalue weighted by atomic mass is 10.0. The predicted molar refractivity (Wildman–Crippen MR) is 88.8 cm³/mol. The molecule has 21 heavy (non-hydrogen) atoms. The highest BCUT2D eigenvalue weighted by atomic mass is 16.5. The third-order valence-corrected chi connectivity index (χ3v) is 3.99. The van der Waals surface area contributed by atoms with E-state index in [2.05, 4.69) is 62.5 Å². The second-order valence-electron chi connectivity index (χ2n) is 5.45. The number of hydrogen-bond donors (Lipinski definition) is 1. The molecule has 0 spiro atoms. The summed E-state index contributed by atoms with van der Waals surface area (Å²) < 4.78 is 5.44. The Morgan fingerprint density at radius 3 is 2.24 bits per heavy atom. The summed E-state index contributed by atoms with van der Waals surface area (Å²) in [5, 5.41) is 3.64. The lowest BCUT2D eigenvalue weighted by Gasteiger charge is -2.22. The molecule has 1 N–H and O–H groups in total. The normalized spacial score (nSPS) is 13.7. The summed E-state index contributed by atoms with van der Waals surface area (Å²) >= 11 is 0. The monoisotopic (exact) mass is 283 g/mol. The molecule has 112 valence electrons. The van der Waals surface area contributed by atoms with Crippen LogP contribution in [0.5, 0.6) is 5.75 Å². The van der Waals surface area contributed by atoms with Crippen molar-refractivity contribution in [3.05, 3.63) is 65.2 Å². The summed E-state index contributed by atoms with van der Waals surface area (Å²) in [7, 11) is 1.72. The second kappa shape index (κ2) is 7.28. The Morgan fingerprint density at radius 1 is 0.952 bits per heavy atom. The van der Waals surface area contributed by atoms with E-state index in [1.807, 2.05) is 12.1 Å². The van der Waals surface area contributed by atoms with E-state index in [4.69, 9.17) is 4.74 Å². The molecule has 0 aromatic heterocycles. The highest BCUT2D eigenvalue weighted by Crippen LogP contribution is 2.26. The Balaban J connectivity index is 2.08. The highest BCUT2D eigenvalue weighted by Gasteiger charge is 2.14. The van der Waals surface area contributed by atoms with E-state index < -0.39 is 0 Å². The minimum absolute atomic E-state index is 0.238. The molecule has 0 saturated carbocycles. The molecule has 0 heterocycles. The van der Waals surface area contributed by atoms with Gasteiger partial charge in [0.25, 0.3) is 0 Å². The summed E-state index contributed by atoms with van der Waals surface area (Å²) in [4.78, 5) is 0. The third-order valence-electron chi connectivity index (χ3n) is 3.99. The van der Waals surface area contributed by atoms with Gasteiger partial charge < -0.3 is 10.1 Å². The number of benzene rings is 2. The lowest BCUT2D eigenvalue weighted by molar-refractivity contribution is 0.396. The van der Waals surface area contributed by atoms with E-state index in [1.54, 1.807) is 7.11 Å². The van der Waals surface area contributed by atoms with Crippen molar-refractivity contribution < 1.29 is 4.74 Å². The van der Waals surface area contributed by atoms with Crippen molar-refractivity contribution in [1.82, 2.24) is 5.32 Å². The van der Waals surface area contributed by atoms with Gasteiger partial charge in [0.15, 0.2) is 0 Å². The number of ether oxygens (including phenoxy) is 1.